The zero-order chi connectivity index (χ0) is 14.8. The molecule has 0 bridgehead atoms. The average Bonchev–Trinajstić information content (AvgIpc) is 2.51. The Balaban J connectivity index is 2.03. The molecule has 1 fully saturated rings. The van der Waals surface area contributed by atoms with Crippen LogP contribution in [-0.2, 0) is 0 Å². The number of rotatable bonds is 3. The molecular formula is C16H23ClN2O. The third-order valence-electron chi connectivity index (χ3n) is 4.18. The smallest absolute Gasteiger partial charge is 0.250 e. The molecule has 1 amide bonds. The van der Waals surface area contributed by atoms with Crippen molar-refractivity contribution >= 4 is 23.2 Å². The molecule has 1 unspecified atom stereocenters. The Hall–Kier alpha value is -1.22. The van der Waals surface area contributed by atoms with Gasteiger partial charge in [0, 0.05) is 11.7 Å². The molecule has 0 radical (unpaired) electrons. The van der Waals surface area contributed by atoms with Gasteiger partial charge >= 0.3 is 0 Å². The second-order valence-electron chi connectivity index (χ2n) is 6.50. The topological polar surface area (TPSA) is 55.1 Å². The standard InChI is InChI=1S/C16H23ClN2O/c1-16(2)8-3-4-11(7-9-16)19-12-5-6-13(15(18)20)14(17)10-12/h5-6,10-11,19H,3-4,7-9H2,1-2H3,(H2,18,20). The Bertz CT molecular complexity index is 499. The summed E-state index contributed by atoms with van der Waals surface area (Å²) in [7, 11) is 0. The molecule has 3 nitrogen and oxygen atoms in total. The van der Waals surface area contributed by atoms with Crippen LogP contribution in [0.2, 0.25) is 5.02 Å². The van der Waals surface area contributed by atoms with Gasteiger partial charge in [0.25, 0.3) is 0 Å². The monoisotopic (exact) mass is 294 g/mol. The number of nitrogens with two attached hydrogens (primary N) is 1. The Morgan fingerprint density at radius 1 is 1.35 bits per heavy atom. The lowest BCUT2D eigenvalue weighted by atomic mass is 9.85. The van der Waals surface area contributed by atoms with Gasteiger partial charge in [-0.05, 0) is 49.3 Å². The van der Waals surface area contributed by atoms with Crippen LogP contribution >= 0.6 is 11.6 Å². The van der Waals surface area contributed by atoms with Crippen molar-refractivity contribution in [2.45, 2.75) is 52.0 Å². The van der Waals surface area contributed by atoms with Gasteiger partial charge in [0.2, 0.25) is 5.91 Å². The normalized spacial score (nSPS) is 22.1. The first kappa shape index (κ1) is 15.2. The number of primary amides is 1. The summed E-state index contributed by atoms with van der Waals surface area (Å²) in [6, 6.07) is 5.83. The molecule has 0 aliphatic heterocycles. The van der Waals surface area contributed by atoms with E-state index in [1.165, 1.54) is 32.1 Å². The van der Waals surface area contributed by atoms with Crippen LogP contribution in [0.15, 0.2) is 18.2 Å². The van der Waals surface area contributed by atoms with Gasteiger partial charge < -0.3 is 11.1 Å². The molecule has 110 valence electrons. The third-order valence-corrected chi connectivity index (χ3v) is 4.49. The Morgan fingerprint density at radius 3 is 2.75 bits per heavy atom. The van der Waals surface area contributed by atoms with Gasteiger partial charge in [-0.3, -0.25) is 4.79 Å². The molecule has 1 aromatic carbocycles. The van der Waals surface area contributed by atoms with E-state index in [0.717, 1.165) is 5.69 Å². The predicted molar refractivity (Wildman–Crippen MR) is 84.2 cm³/mol. The number of halogens is 1. The fourth-order valence-corrected chi connectivity index (χ4v) is 3.12. The summed E-state index contributed by atoms with van der Waals surface area (Å²) >= 11 is 6.08. The highest BCUT2D eigenvalue weighted by Gasteiger charge is 2.24. The average molecular weight is 295 g/mol. The van der Waals surface area contributed by atoms with E-state index in [-0.39, 0.29) is 0 Å². The molecule has 1 saturated carbocycles. The SMILES string of the molecule is CC1(C)CCCC(Nc2ccc(C(N)=O)c(Cl)c2)CC1. The van der Waals surface area contributed by atoms with Crippen molar-refractivity contribution in [3.05, 3.63) is 28.8 Å². The molecule has 2 rings (SSSR count). The van der Waals surface area contributed by atoms with Crippen LogP contribution in [0.1, 0.15) is 56.3 Å². The highest BCUT2D eigenvalue weighted by atomic mass is 35.5. The number of carbonyl (C=O) groups is 1. The van der Waals surface area contributed by atoms with Crippen LogP contribution in [0.5, 0.6) is 0 Å². The van der Waals surface area contributed by atoms with E-state index in [4.69, 9.17) is 17.3 Å². The largest absolute Gasteiger partial charge is 0.382 e. The first-order chi connectivity index (χ1) is 9.37. The lowest BCUT2D eigenvalue weighted by molar-refractivity contribution is 0.100. The van der Waals surface area contributed by atoms with Gasteiger partial charge in [0.1, 0.15) is 0 Å². The van der Waals surface area contributed by atoms with E-state index in [1.54, 1.807) is 12.1 Å². The maximum Gasteiger partial charge on any atom is 0.250 e. The van der Waals surface area contributed by atoms with Crippen molar-refractivity contribution in [1.82, 2.24) is 0 Å². The lowest BCUT2D eigenvalue weighted by Crippen LogP contribution is -2.19. The summed E-state index contributed by atoms with van der Waals surface area (Å²) in [5, 5.41) is 3.94. The zero-order valence-corrected chi connectivity index (χ0v) is 13.0. The highest BCUT2D eigenvalue weighted by molar-refractivity contribution is 6.34. The van der Waals surface area contributed by atoms with Gasteiger partial charge in [0.15, 0.2) is 0 Å². The van der Waals surface area contributed by atoms with Crippen LogP contribution in [0.25, 0.3) is 0 Å². The van der Waals surface area contributed by atoms with Crippen LogP contribution in [-0.4, -0.2) is 11.9 Å². The van der Waals surface area contributed by atoms with Gasteiger partial charge in [-0.15, -0.1) is 0 Å². The first-order valence-electron chi connectivity index (χ1n) is 7.23. The second kappa shape index (κ2) is 6.04. The zero-order valence-electron chi connectivity index (χ0n) is 12.2. The molecule has 1 aliphatic carbocycles. The van der Waals surface area contributed by atoms with Gasteiger partial charge in [0.05, 0.1) is 10.6 Å². The van der Waals surface area contributed by atoms with Crippen molar-refractivity contribution in [3.63, 3.8) is 0 Å². The molecule has 4 heteroatoms. The summed E-state index contributed by atoms with van der Waals surface area (Å²) in [4.78, 5) is 11.2. The quantitative estimate of drug-likeness (QED) is 0.821. The summed E-state index contributed by atoms with van der Waals surface area (Å²) in [5.41, 5.74) is 7.04. The number of hydrogen-bond donors (Lipinski definition) is 2. The van der Waals surface area contributed by atoms with Crippen LogP contribution in [0.3, 0.4) is 0 Å². The molecule has 3 N–H and O–H groups in total. The lowest BCUT2D eigenvalue weighted by Gasteiger charge is -2.22. The molecule has 1 aliphatic rings. The summed E-state index contributed by atoms with van der Waals surface area (Å²) in [6.45, 7) is 4.68. The number of hydrogen-bond acceptors (Lipinski definition) is 2. The Kier molecular flexibility index (Phi) is 4.59. The Labute approximate surface area is 125 Å². The minimum atomic E-state index is -0.488. The minimum Gasteiger partial charge on any atom is -0.382 e. The molecule has 0 aromatic heterocycles. The molecule has 0 spiro atoms. The maximum absolute atomic E-state index is 11.2. The van der Waals surface area contributed by atoms with Gasteiger partial charge in [-0.25, -0.2) is 0 Å². The number of benzene rings is 1. The highest BCUT2D eigenvalue weighted by Crippen LogP contribution is 2.35. The minimum absolute atomic E-state index is 0.374. The fourth-order valence-electron chi connectivity index (χ4n) is 2.85. The third kappa shape index (κ3) is 3.89. The molecule has 0 saturated heterocycles. The Morgan fingerprint density at radius 2 is 2.10 bits per heavy atom. The maximum atomic E-state index is 11.2. The summed E-state index contributed by atoms with van der Waals surface area (Å²) < 4.78 is 0. The van der Waals surface area contributed by atoms with Crippen molar-refractivity contribution < 1.29 is 4.79 Å². The van der Waals surface area contributed by atoms with E-state index in [2.05, 4.69) is 19.2 Å². The molecule has 1 atom stereocenters. The fraction of sp³-hybridized carbons (Fsp3) is 0.562. The van der Waals surface area contributed by atoms with Crippen molar-refractivity contribution in [2.24, 2.45) is 11.1 Å². The van der Waals surface area contributed by atoms with E-state index < -0.39 is 5.91 Å². The predicted octanol–water partition coefficient (Wildman–Crippen LogP) is 4.21. The van der Waals surface area contributed by atoms with Gasteiger partial charge in [-0.1, -0.05) is 31.9 Å². The van der Waals surface area contributed by atoms with E-state index in [9.17, 15) is 4.79 Å². The van der Waals surface area contributed by atoms with Crippen molar-refractivity contribution in [1.29, 1.82) is 0 Å². The second-order valence-corrected chi connectivity index (χ2v) is 6.90. The van der Waals surface area contributed by atoms with Crippen molar-refractivity contribution in [3.8, 4) is 0 Å². The molecule has 0 heterocycles. The number of nitrogens with one attached hydrogen (secondary N) is 1. The van der Waals surface area contributed by atoms with Crippen molar-refractivity contribution in [2.75, 3.05) is 5.32 Å². The first-order valence-corrected chi connectivity index (χ1v) is 7.61. The van der Waals surface area contributed by atoms with E-state index >= 15 is 0 Å². The number of amides is 1. The molecule has 20 heavy (non-hydrogen) atoms. The van der Waals surface area contributed by atoms with E-state index in [0.29, 0.717) is 22.0 Å². The molecular weight excluding hydrogens is 272 g/mol. The summed E-state index contributed by atoms with van der Waals surface area (Å²) in [6.07, 6.45) is 6.11. The molecule has 1 aromatic rings. The number of carbonyl (C=O) groups excluding carboxylic acids is 1. The van der Waals surface area contributed by atoms with Crippen LogP contribution in [0.4, 0.5) is 5.69 Å². The van der Waals surface area contributed by atoms with Crippen LogP contribution in [0, 0.1) is 5.41 Å². The van der Waals surface area contributed by atoms with Gasteiger partial charge in [-0.2, -0.15) is 0 Å². The summed E-state index contributed by atoms with van der Waals surface area (Å²) in [5.74, 6) is -0.488. The van der Waals surface area contributed by atoms with Crippen LogP contribution < -0.4 is 11.1 Å². The van der Waals surface area contributed by atoms with E-state index in [1.807, 2.05) is 6.07 Å². The number of anilines is 1.